The number of hydrogen-bond acceptors (Lipinski definition) is 3. The number of rotatable bonds is 5. The molecule has 0 radical (unpaired) electrons. The topological polar surface area (TPSA) is 29.9 Å². The molecule has 0 amide bonds. The highest BCUT2D eigenvalue weighted by atomic mass is 32.1. The minimum Gasteiger partial charge on any atom is -0.326 e. The highest BCUT2D eigenvalue weighted by Crippen LogP contribution is 2.37. The van der Waals surface area contributed by atoms with E-state index in [-0.39, 0.29) is 0 Å². The second-order valence-corrected chi connectivity index (χ2v) is 7.01. The minimum atomic E-state index is 0.528. The molecule has 1 fully saturated rings. The molecule has 2 heterocycles. The van der Waals surface area contributed by atoms with Gasteiger partial charge in [0.25, 0.3) is 0 Å². The van der Waals surface area contributed by atoms with E-state index in [1.54, 1.807) is 11.3 Å². The van der Waals surface area contributed by atoms with Crippen LogP contribution in [0.15, 0.2) is 29.9 Å². The summed E-state index contributed by atoms with van der Waals surface area (Å²) in [6.45, 7) is 2.30. The molecule has 0 aliphatic heterocycles. The lowest BCUT2D eigenvalue weighted by Crippen LogP contribution is -2.40. The van der Waals surface area contributed by atoms with Gasteiger partial charge in [0, 0.05) is 18.4 Å². The van der Waals surface area contributed by atoms with Crippen molar-refractivity contribution in [2.45, 2.75) is 51.1 Å². The monoisotopic (exact) mass is 303 g/mol. The van der Waals surface area contributed by atoms with Crippen LogP contribution in [0, 0.1) is 5.92 Å². The third-order valence-electron chi connectivity index (χ3n) is 4.76. The Balaban J connectivity index is 1.88. The molecule has 4 heteroatoms. The molecule has 1 aliphatic carbocycles. The first-order valence-electron chi connectivity index (χ1n) is 8.07. The molecule has 1 N–H and O–H groups in total. The quantitative estimate of drug-likeness (QED) is 0.890. The van der Waals surface area contributed by atoms with Gasteiger partial charge in [-0.2, -0.15) is 0 Å². The van der Waals surface area contributed by atoms with E-state index in [1.165, 1.54) is 37.0 Å². The fourth-order valence-electron chi connectivity index (χ4n) is 3.72. The maximum absolute atomic E-state index is 4.62. The summed E-state index contributed by atoms with van der Waals surface area (Å²) in [4.78, 5) is 5.89. The Morgan fingerprint density at radius 2 is 2.33 bits per heavy atom. The number of hydrogen-bond donors (Lipinski definition) is 1. The first kappa shape index (κ1) is 14.8. The maximum Gasteiger partial charge on any atom is 0.150 e. The number of likely N-dealkylation sites (N-methyl/N-ethyl adjacent to an activating group) is 1. The van der Waals surface area contributed by atoms with Crippen molar-refractivity contribution in [1.29, 1.82) is 0 Å². The highest BCUT2D eigenvalue weighted by molar-refractivity contribution is 7.13. The maximum atomic E-state index is 4.62. The van der Waals surface area contributed by atoms with Crippen molar-refractivity contribution in [2.75, 3.05) is 7.05 Å². The summed E-state index contributed by atoms with van der Waals surface area (Å²) >= 11 is 1.77. The number of nitrogens with one attached hydrogen (secondary N) is 1. The smallest absolute Gasteiger partial charge is 0.150 e. The molecule has 3 nitrogen and oxygen atoms in total. The molecule has 1 aliphatic rings. The fourth-order valence-corrected chi connectivity index (χ4v) is 4.45. The van der Waals surface area contributed by atoms with Gasteiger partial charge in [0.1, 0.15) is 5.82 Å². The van der Waals surface area contributed by atoms with Gasteiger partial charge in [-0.15, -0.1) is 11.3 Å². The Bertz CT molecular complexity index is 546. The molecular formula is C17H25N3S. The summed E-state index contributed by atoms with van der Waals surface area (Å²) in [5.74, 6) is 2.00. The molecule has 0 saturated heterocycles. The summed E-state index contributed by atoms with van der Waals surface area (Å²) in [7, 11) is 2.10. The molecule has 3 rings (SSSR count). The van der Waals surface area contributed by atoms with Gasteiger partial charge in [-0.3, -0.25) is 0 Å². The first-order chi connectivity index (χ1) is 10.3. The lowest BCUT2D eigenvalue weighted by molar-refractivity contribution is 0.205. The van der Waals surface area contributed by atoms with Crippen molar-refractivity contribution in [2.24, 2.45) is 5.92 Å². The lowest BCUT2D eigenvalue weighted by Gasteiger charge is -2.37. The van der Waals surface area contributed by atoms with Crippen LogP contribution in [0.5, 0.6) is 0 Å². The molecule has 0 bridgehead atoms. The zero-order chi connectivity index (χ0) is 14.7. The summed E-state index contributed by atoms with van der Waals surface area (Å²) in [6.07, 6.45) is 10.7. The average molecular weight is 303 g/mol. The van der Waals surface area contributed by atoms with Crippen molar-refractivity contribution in [3.05, 3.63) is 29.9 Å². The minimum absolute atomic E-state index is 0.528. The zero-order valence-corrected chi connectivity index (χ0v) is 13.8. The third kappa shape index (κ3) is 3.06. The Morgan fingerprint density at radius 1 is 1.43 bits per heavy atom. The van der Waals surface area contributed by atoms with Gasteiger partial charge in [-0.1, -0.05) is 25.8 Å². The third-order valence-corrected chi connectivity index (χ3v) is 5.63. The molecule has 21 heavy (non-hydrogen) atoms. The molecule has 3 atom stereocenters. The van der Waals surface area contributed by atoms with Gasteiger partial charge in [0.2, 0.25) is 0 Å². The SMILES string of the molecule is CCCC1CCC(NC)C(n2ccnc2-c2cccs2)C1. The molecule has 114 valence electrons. The first-order valence-corrected chi connectivity index (χ1v) is 8.95. The Labute approximate surface area is 131 Å². The Morgan fingerprint density at radius 3 is 3.05 bits per heavy atom. The fraction of sp³-hybridized carbons (Fsp3) is 0.588. The lowest BCUT2D eigenvalue weighted by atomic mass is 9.80. The van der Waals surface area contributed by atoms with Crippen molar-refractivity contribution in [3.8, 4) is 10.7 Å². The number of thiophene rings is 1. The number of aromatic nitrogens is 2. The van der Waals surface area contributed by atoms with E-state index in [1.807, 2.05) is 6.20 Å². The second kappa shape index (κ2) is 6.75. The molecule has 2 aromatic heterocycles. The Kier molecular flexibility index (Phi) is 4.76. The van der Waals surface area contributed by atoms with E-state index < -0.39 is 0 Å². The van der Waals surface area contributed by atoms with Gasteiger partial charge in [-0.05, 0) is 43.7 Å². The zero-order valence-electron chi connectivity index (χ0n) is 13.0. The van der Waals surface area contributed by atoms with Crippen LogP contribution in [0.25, 0.3) is 10.7 Å². The number of imidazole rings is 1. The van der Waals surface area contributed by atoms with E-state index in [4.69, 9.17) is 0 Å². The molecular weight excluding hydrogens is 278 g/mol. The summed E-state index contributed by atoms with van der Waals surface area (Å²) < 4.78 is 2.41. The summed E-state index contributed by atoms with van der Waals surface area (Å²) in [5, 5.41) is 5.66. The van der Waals surface area contributed by atoms with Crippen LogP contribution >= 0.6 is 11.3 Å². The van der Waals surface area contributed by atoms with Crippen molar-refractivity contribution < 1.29 is 0 Å². The second-order valence-electron chi connectivity index (χ2n) is 6.07. The van der Waals surface area contributed by atoms with Crippen LogP contribution < -0.4 is 5.32 Å². The number of nitrogens with zero attached hydrogens (tertiary/aromatic N) is 2. The standard InChI is InChI=1S/C17H25N3S/c1-3-5-13-7-8-14(18-2)15(12-13)20-10-9-19-17(20)16-6-4-11-21-16/h4,6,9-11,13-15,18H,3,5,7-8,12H2,1-2H3. The molecule has 1 saturated carbocycles. The van der Waals surface area contributed by atoms with E-state index in [9.17, 15) is 0 Å². The largest absolute Gasteiger partial charge is 0.326 e. The summed E-state index contributed by atoms with van der Waals surface area (Å²) in [5.41, 5.74) is 0. The van der Waals surface area contributed by atoms with Crippen LogP contribution in [-0.2, 0) is 0 Å². The average Bonchev–Trinajstić information content (AvgIpc) is 3.18. The molecule has 3 unspecified atom stereocenters. The van der Waals surface area contributed by atoms with Crippen molar-refractivity contribution >= 4 is 11.3 Å². The van der Waals surface area contributed by atoms with Gasteiger partial charge in [0.15, 0.2) is 0 Å². The van der Waals surface area contributed by atoms with E-state index >= 15 is 0 Å². The summed E-state index contributed by atoms with van der Waals surface area (Å²) in [6, 6.07) is 5.37. The van der Waals surface area contributed by atoms with E-state index in [2.05, 4.69) is 52.5 Å². The van der Waals surface area contributed by atoms with E-state index in [0.717, 1.165) is 11.7 Å². The predicted molar refractivity (Wildman–Crippen MR) is 89.7 cm³/mol. The van der Waals surface area contributed by atoms with Crippen LogP contribution in [0.3, 0.4) is 0 Å². The molecule has 0 spiro atoms. The van der Waals surface area contributed by atoms with Crippen LogP contribution in [0.4, 0.5) is 0 Å². The van der Waals surface area contributed by atoms with Gasteiger partial charge < -0.3 is 9.88 Å². The van der Waals surface area contributed by atoms with Gasteiger partial charge in [-0.25, -0.2) is 4.98 Å². The molecule has 2 aromatic rings. The Hall–Kier alpha value is -1.13. The van der Waals surface area contributed by atoms with Crippen LogP contribution in [0.2, 0.25) is 0 Å². The van der Waals surface area contributed by atoms with Crippen molar-refractivity contribution in [3.63, 3.8) is 0 Å². The van der Waals surface area contributed by atoms with Crippen molar-refractivity contribution in [1.82, 2.24) is 14.9 Å². The predicted octanol–water partition coefficient (Wildman–Crippen LogP) is 4.34. The normalized spacial score (nSPS) is 26.1. The van der Waals surface area contributed by atoms with Gasteiger partial charge >= 0.3 is 0 Å². The van der Waals surface area contributed by atoms with Crippen LogP contribution in [0.1, 0.15) is 45.1 Å². The van der Waals surface area contributed by atoms with Crippen LogP contribution in [-0.4, -0.2) is 22.6 Å². The van der Waals surface area contributed by atoms with E-state index in [0.29, 0.717) is 12.1 Å². The highest BCUT2D eigenvalue weighted by Gasteiger charge is 2.31. The van der Waals surface area contributed by atoms with Gasteiger partial charge in [0.05, 0.1) is 10.9 Å². The molecule has 0 aromatic carbocycles.